The van der Waals surface area contributed by atoms with Gasteiger partial charge in [0.05, 0.1) is 5.56 Å². The van der Waals surface area contributed by atoms with E-state index in [-0.39, 0.29) is 34.7 Å². The summed E-state index contributed by atoms with van der Waals surface area (Å²) >= 11 is 8.03. The van der Waals surface area contributed by atoms with E-state index < -0.39 is 40.5 Å². The van der Waals surface area contributed by atoms with Crippen LogP contribution >= 0.6 is 27.5 Å². The number of piperidine rings is 1. The lowest BCUT2D eigenvalue weighted by atomic mass is 10.00. The second-order valence-electron chi connectivity index (χ2n) is 10.8. The van der Waals surface area contributed by atoms with E-state index in [0.29, 0.717) is 47.2 Å². The number of benzene rings is 2. The average Bonchev–Trinajstić information content (AvgIpc) is 2.86. The minimum absolute atomic E-state index is 0.00226. The number of alkyl carbamates (subject to hydrolysis) is 1. The molecule has 1 heterocycles. The molecular formula is C28H34BrClF3N3O4S. The van der Waals surface area contributed by atoms with Crippen molar-refractivity contribution in [2.24, 2.45) is 0 Å². The van der Waals surface area contributed by atoms with Crippen LogP contribution in [0.3, 0.4) is 0 Å². The lowest BCUT2D eigenvalue weighted by molar-refractivity contribution is -0.138. The fraction of sp³-hybridized carbons (Fsp3) is 0.500. The number of ether oxygens (including phenoxy) is 1. The van der Waals surface area contributed by atoms with Gasteiger partial charge in [-0.1, -0.05) is 27.5 Å². The third-order valence-corrected chi connectivity index (χ3v) is 8.70. The van der Waals surface area contributed by atoms with Crippen LogP contribution in [0.5, 0.6) is 0 Å². The summed E-state index contributed by atoms with van der Waals surface area (Å²) in [5.41, 5.74) is -1.23. The Kier molecular flexibility index (Phi) is 11.4. The van der Waals surface area contributed by atoms with Crippen molar-refractivity contribution in [2.75, 3.05) is 18.8 Å². The summed E-state index contributed by atoms with van der Waals surface area (Å²) in [6.07, 6.45) is -3.91. The number of amides is 2. The number of nitrogens with zero attached hydrogens (tertiary/aromatic N) is 1. The van der Waals surface area contributed by atoms with Crippen molar-refractivity contribution in [3.8, 4) is 0 Å². The Hall–Kier alpha value is -1.99. The third-order valence-electron chi connectivity index (χ3n) is 6.34. The standard InChI is InChI=1S/C28H34BrClF3N3O4S/c1-5-41(39)24-9-8-19(30)11-18(24)14-34-25(37)17-12-22(28(31,32)33)21(23(29)13-17)16-36-10-6-7-20(15-36)35-26(38)40-27(2,3)4/h8-9,11-13,20H,5-7,10,14-16H2,1-4H3,(H,34,37)(H,35,38)/t20-,41?/m1/s1. The molecule has 7 nitrogen and oxygen atoms in total. The lowest BCUT2D eigenvalue weighted by Crippen LogP contribution is -2.48. The molecule has 0 aromatic heterocycles. The van der Waals surface area contributed by atoms with Crippen LogP contribution in [0, 0.1) is 0 Å². The molecule has 2 atom stereocenters. The third kappa shape index (κ3) is 9.77. The normalized spacial score (nSPS) is 17.2. The van der Waals surface area contributed by atoms with E-state index in [2.05, 4.69) is 26.6 Å². The van der Waals surface area contributed by atoms with Gasteiger partial charge < -0.3 is 19.9 Å². The zero-order valence-corrected chi connectivity index (χ0v) is 26.5. The van der Waals surface area contributed by atoms with Crippen molar-refractivity contribution in [3.05, 3.63) is 62.1 Å². The fourth-order valence-corrected chi connectivity index (χ4v) is 6.27. The molecule has 0 saturated carbocycles. The van der Waals surface area contributed by atoms with Gasteiger partial charge in [-0.15, -0.1) is 0 Å². The number of likely N-dealkylation sites (tertiary alicyclic amines) is 1. The summed E-state index contributed by atoms with van der Waals surface area (Å²) in [6.45, 7) is 7.84. The number of carbonyl (C=O) groups is 2. The highest BCUT2D eigenvalue weighted by Crippen LogP contribution is 2.37. The largest absolute Gasteiger partial charge is 0.611 e. The van der Waals surface area contributed by atoms with Crippen molar-refractivity contribution in [2.45, 2.75) is 76.3 Å². The summed E-state index contributed by atoms with van der Waals surface area (Å²) in [7, 11) is 0. The van der Waals surface area contributed by atoms with Gasteiger partial charge in [0.15, 0.2) is 4.90 Å². The molecule has 2 aromatic rings. The molecule has 1 aliphatic rings. The smallest absolute Gasteiger partial charge is 0.416 e. The van der Waals surface area contributed by atoms with Crippen LogP contribution in [0.4, 0.5) is 18.0 Å². The van der Waals surface area contributed by atoms with Gasteiger partial charge in [0, 0.05) is 46.3 Å². The predicted octanol–water partition coefficient (Wildman–Crippen LogP) is 6.67. The summed E-state index contributed by atoms with van der Waals surface area (Å²) in [5, 5.41) is 5.82. The number of halogens is 5. The van der Waals surface area contributed by atoms with Crippen molar-refractivity contribution in [1.82, 2.24) is 15.5 Å². The van der Waals surface area contributed by atoms with Gasteiger partial charge >= 0.3 is 12.3 Å². The Bertz CT molecular complexity index is 1260. The van der Waals surface area contributed by atoms with Crippen LogP contribution < -0.4 is 10.6 Å². The predicted molar refractivity (Wildman–Crippen MR) is 156 cm³/mol. The minimum Gasteiger partial charge on any atom is -0.611 e. The maximum Gasteiger partial charge on any atom is 0.416 e. The Labute approximate surface area is 254 Å². The summed E-state index contributed by atoms with van der Waals surface area (Å²) in [6, 6.07) is 6.73. The van der Waals surface area contributed by atoms with Gasteiger partial charge in [-0.05, 0) is 94.2 Å². The summed E-state index contributed by atoms with van der Waals surface area (Å²) in [5.74, 6) is -0.351. The number of nitrogens with one attached hydrogen (secondary N) is 2. The molecule has 0 radical (unpaired) electrons. The van der Waals surface area contributed by atoms with Gasteiger partial charge in [0.25, 0.3) is 5.91 Å². The maximum atomic E-state index is 14.2. The Morgan fingerprint density at radius 1 is 1.22 bits per heavy atom. The molecule has 0 aliphatic carbocycles. The van der Waals surface area contributed by atoms with Gasteiger partial charge in [0.1, 0.15) is 11.4 Å². The highest BCUT2D eigenvalue weighted by atomic mass is 79.9. The quantitative estimate of drug-likeness (QED) is 0.304. The maximum absolute atomic E-state index is 14.2. The van der Waals surface area contributed by atoms with Crippen molar-refractivity contribution in [3.63, 3.8) is 0 Å². The van der Waals surface area contributed by atoms with E-state index in [1.807, 2.05) is 4.90 Å². The first kappa shape index (κ1) is 33.5. The monoisotopic (exact) mass is 679 g/mol. The van der Waals surface area contributed by atoms with Crippen molar-refractivity contribution in [1.29, 1.82) is 0 Å². The lowest BCUT2D eigenvalue weighted by Gasteiger charge is -2.34. The number of carbonyl (C=O) groups excluding carboxylic acids is 2. The second-order valence-corrected chi connectivity index (χ2v) is 13.8. The van der Waals surface area contributed by atoms with Gasteiger partial charge in [0.2, 0.25) is 0 Å². The van der Waals surface area contributed by atoms with E-state index in [1.54, 1.807) is 45.9 Å². The van der Waals surface area contributed by atoms with E-state index in [9.17, 15) is 27.3 Å². The number of hydrogen-bond donors (Lipinski definition) is 2. The van der Waals surface area contributed by atoms with Gasteiger partial charge in [-0.2, -0.15) is 13.2 Å². The zero-order chi connectivity index (χ0) is 30.5. The van der Waals surface area contributed by atoms with Crippen LogP contribution in [-0.2, 0) is 35.2 Å². The van der Waals surface area contributed by atoms with E-state index in [1.165, 1.54) is 6.07 Å². The Morgan fingerprint density at radius 3 is 2.56 bits per heavy atom. The molecule has 1 saturated heterocycles. The van der Waals surface area contributed by atoms with Gasteiger partial charge in [-0.25, -0.2) is 4.79 Å². The number of rotatable bonds is 8. The summed E-state index contributed by atoms with van der Waals surface area (Å²) < 4.78 is 60.5. The first-order chi connectivity index (χ1) is 19.1. The van der Waals surface area contributed by atoms with Crippen LogP contribution in [0.1, 0.15) is 67.6 Å². The second kappa shape index (κ2) is 14.0. The van der Waals surface area contributed by atoms with Crippen LogP contribution in [-0.4, -0.2) is 51.9 Å². The SMILES string of the molecule is CC[S+]([O-])c1ccc(Cl)cc1CNC(=O)c1cc(Br)c(CN2CCC[C@@H](NC(=O)OC(C)(C)C)C2)c(C(F)(F)F)c1. The van der Waals surface area contributed by atoms with Crippen molar-refractivity contribution < 1.29 is 32.0 Å². The Balaban J connectivity index is 1.77. The minimum atomic E-state index is -4.71. The molecule has 2 amide bonds. The first-order valence-electron chi connectivity index (χ1n) is 13.1. The molecule has 3 rings (SSSR count). The number of hydrogen-bond acceptors (Lipinski definition) is 5. The van der Waals surface area contributed by atoms with Crippen LogP contribution in [0.25, 0.3) is 0 Å². The molecule has 1 aliphatic heterocycles. The van der Waals surface area contributed by atoms with Crippen LogP contribution in [0.2, 0.25) is 5.02 Å². The molecular weight excluding hydrogens is 647 g/mol. The highest BCUT2D eigenvalue weighted by molar-refractivity contribution is 9.10. The van der Waals surface area contributed by atoms with Gasteiger partial charge in [-0.3, -0.25) is 9.69 Å². The first-order valence-corrected chi connectivity index (χ1v) is 15.6. The van der Waals surface area contributed by atoms with Crippen LogP contribution in [0.15, 0.2) is 39.7 Å². The Morgan fingerprint density at radius 2 is 1.93 bits per heavy atom. The molecule has 0 spiro atoms. The summed E-state index contributed by atoms with van der Waals surface area (Å²) in [4.78, 5) is 27.5. The topological polar surface area (TPSA) is 93.7 Å². The number of alkyl halides is 3. The molecule has 41 heavy (non-hydrogen) atoms. The van der Waals surface area contributed by atoms with Crippen molar-refractivity contribution >= 4 is 50.7 Å². The molecule has 2 N–H and O–H groups in total. The molecule has 1 unspecified atom stereocenters. The molecule has 1 fully saturated rings. The molecule has 0 bridgehead atoms. The van der Waals surface area contributed by atoms with E-state index in [4.69, 9.17) is 16.3 Å². The molecule has 2 aromatic carbocycles. The van der Waals surface area contributed by atoms with E-state index in [0.717, 1.165) is 6.07 Å². The molecule has 226 valence electrons. The highest BCUT2D eigenvalue weighted by Gasteiger charge is 2.36. The van der Waals surface area contributed by atoms with E-state index >= 15 is 0 Å². The fourth-order valence-electron chi connectivity index (χ4n) is 4.54. The zero-order valence-electron chi connectivity index (χ0n) is 23.3. The average molecular weight is 681 g/mol. The molecule has 13 heteroatoms.